The minimum absolute atomic E-state index is 0.0750. The van der Waals surface area contributed by atoms with Crippen LogP contribution in [-0.2, 0) is 20.8 Å². The van der Waals surface area contributed by atoms with Gasteiger partial charge in [-0.05, 0) is 48.1 Å². The van der Waals surface area contributed by atoms with Crippen LogP contribution in [0.1, 0.15) is 46.5 Å². The maximum Gasteiger partial charge on any atom is 0.217 e. The van der Waals surface area contributed by atoms with Gasteiger partial charge in [0.05, 0.1) is 24.9 Å². The van der Waals surface area contributed by atoms with Crippen molar-refractivity contribution < 1.29 is 14.3 Å². The zero-order valence-corrected chi connectivity index (χ0v) is 21.6. The number of amides is 1. The lowest BCUT2D eigenvalue weighted by molar-refractivity contribution is -0.239. The molecule has 1 aromatic heterocycles. The number of carbonyl (C=O) groups excluding carboxylic acids is 1. The fourth-order valence-corrected chi connectivity index (χ4v) is 4.93. The van der Waals surface area contributed by atoms with E-state index in [1.54, 1.807) is 0 Å². The Morgan fingerprint density at radius 2 is 1.86 bits per heavy atom. The Morgan fingerprint density at radius 1 is 1.08 bits per heavy atom. The maximum atomic E-state index is 11.9. The van der Waals surface area contributed by atoms with Crippen molar-refractivity contribution >= 4 is 16.7 Å². The van der Waals surface area contributed by atoms with E-state index in [0.29, 0.717) is 13.2 Å². The van der Waals surface area contributed by atoms with E-state index in [1.807, 2.05) is 23.0 Å². The molecule has 0 spiro atoms. The Morgan fingerprint density at radius 3 is 2.64 bits per heavy atom. The molecule has 36 heavy (non-hydrogen) atoms. The van der Waals surface area contributed by atoms with Crippen molar-refractivity contribution in [2.75, 3.05) is 13.2 Å². The van der Waals surface area contributed by atoms with E-state index in [1.165, 1.54) is 17.7 Å². The summed E-state index contributed by atoms with van der Waals surface area (Å²) in [5.74, 6) is 0.298. The van der Waals surface area contributed by atoms with Crippen molar-refractivity contribution in [3.8, 4) is 11.3 Å². The van der Waals surface area contributed by atoms with Gasteiger partial charge in [0, 0.05) is 19.1 Å². The molecule has 1 aliphatic rings. The first kappa shape index (κ1) is 26.3. The van der Waals surface area contributed by atoms with E-state index in [2.05, 4.69) is 59.8 Å². The number of aromatic nitrogens is 3. The Labute approximate surface area is 213 Å². The van der Waals surface area contributed by atoms with Gasteiger partial charge in [0.25, 0.3) is 0 Å². The molecule has 1 fully saturated rings. The van der Waals surface area contributed by atoms with Gasteiger partial charge >= 0.3 is 0 Å². The minimum atomic E-state index is -0.497. The van der Waals surface area contributed by atoms with E-state index in [0.717, 1.165) is 43.5 Å². The highest BCUT2D eigenvalue weighted by Gasteiger charge is 2.42. The third-order valence-electron chi connectivity index (χ3n) is 7.29. The fraction of sp³-hybridized carbons (Fsp3) is 0.536. The topological polar surface area (TPSA) is 104 Å². The van der Waals surface area contributed by atoms with Gasteiger partial charge in [-0.3, -0.25) is 4.79 Å². The second-order valence-corrected chi connectivity index (χ2v) is 9.95. The summed E-state index contributed by atoms with van der Waals surface area (Å²) in [6.07, 6.45) is 5.51. The van der Waals surface area contributed by atoms with Crippen LogP contribution in [-0.4, -0.2) is 52.5 Å². The van der Waals surface area contributed by atoms with E-state index in [4.69, 9.17) is 15.2 Å². The quantitative estimate of drug-likeness (QED) is 0.389. The number of benzene rings is 2. The first-order valence-corrected chi connectivity index (χ1v) is 13.1. The van der Waals surface area contributed by atoms with E-state index >= 15 is 0 Å². The zero-order chi connectivity index (χ0) is 25.5. The average molecular weight is 494 g/mol. The van der Waals surface area contributed by atoms with Crippen LogP contribution in [0.5, 0.6) is 0 Å². The van der Waals surface area contributed by atoms with Crippen LogP contribution in [0.4, 0.5) is 0 Å². The van der Waals surface area contributed by atoms with Crippen molar-refractivity contribution in [1.29, 1.82) is 0 Å². The number of nitrogens with two attached hydrogens (primary N) is 1. The predicted octanol–water partition coefficient (Wildman–Crippen LogP) is 4.14. The number of nitrogens with zero attached hydrogens (tertiary/aromatic N) is 3. The molecule has 5 atom stereocenters. The second kappa shape index (κ2) is 12.4. The molecule has 3 aromatic rings. The summed E-state index contributed by atoms with van der Waals surface area (Å²) in [6.45, 7) is 7.73. The summed E-state index contributed by atoms with van der Waals surface area (Å²) in [5, 5.41) is 14.2. The number of hydrogen-bond donors (Lipinski definition) is 2. The number of hydrogen-bond acceptors (Lipinski definition) is 6. The van der Waals surface area contributed by atoms with Gasteiger partial charge in [-0.2, -0.15) is 0 Å². The molecule has 5 unspecified atom stereocenters. The van der Waals surface area contributed by atoms with Crippen LogP contribution in [0.2, 0.25) is 0 Å². The molecule has 194 valence electrons. The second-order valence-electron chi connectivity index (χ2n) is 9.95. The summed E-state index contributed by atoms with van der Waals surface area (Å²) >= 11 is 0. The lowest BCUT2D eigenvalue weighted by Gasteiger charge is -2.44. The number of ether oxygens (including phenoxy) is 2. The number of rotatable bonds is 11. The Kier molecular flexibility index (Phi) is 9.07. The summed E-state index contributed by atoms with van der Waals surface area (Å²) in [4.78, 5) is 11.9. The number of carbonyl (C=O) groups is 1. The molecule has 2 heterocycles. The lowest BCUT2D eigenvalue weighted by atomic mass is 9.82. The smallest absolute Gasteiger partial charge is 0.217 e. The van der Waals surface area contributed by atoms with Crippen LogP contribution in [0, 0.1) is 11.8 Å². The Balaban J connectivity index is 1.43. The van der Waals surface area contributed by atoms with Gasteiger partial charge < -0.3 is 20.5 Å². The van der Waals surface area contributed by atoms with Crippen LogP contribution in [0.15, 0.2) is 48.7 Å². The van der Waals surface area contributed by atoms with Crippen molar-refractivity contribution in [2.24, 2.45) is 17.6 Å². The van der Waals surface area contributed by atoms with Gasteiger partial charge in [-0.15, -0.1) is 5.10 Å². The highest BCUT2D eigenvalue weighted by Crippen LogP contribution is 2.33. The highest BCUT2D eigenvalue weighted by molar-refractivity contribution is 5.86. The van der Waals surface area contributed by atoms with Crippen molar-refractivity contribution in [1.82, 2.24) is 20.3 Å². The first-order valence-electron chi connectivity index (χ1n) is 13.1. The maximum absolute atomic E-state index is 11.9. The summed E-state index contributed by atoms with van der Waals surface area (Å²) in [7, 11) is 0. The third-order valence-corrected chi connectivity index (χ3v) is 7.29. The molecular formula is C28H39N5O3. The van der Waals surface area contributed by atoms with Crippen molar-refractivity contribution in [2.45, 2.75) is 71.4 Å². The van der Waals surface area contributed by atoms with Gasteiger partial charge in [0.15, 0.2) is 6.29 Å². The molecule has 0 bridgehead atoms. The van der Waals surface area contributed by atoms with Gasteiger partial charge in [0.2, 0.25) is 5.91 Å². The van der Waals surface area contributed by atoms with Gasteiger partial charge in [-0.25, -0.2) is 4.68 Å². The van der Waals surface area contributed by atoms with Gasteiger partial charge in [0.1, 0.15) is 5.69 Å². The molecule has 4 rings (SSSR count). The molecule has 1 saturated heterocycles. The molecule has 8 heteroatoms. The van der Waals surface area contributed by atoms with E-state index in [-0.39, 0.29) is 29.9 Å². The van der Waals surface area contributed by atoms with Crippen LogP contribution in [0.25, 0.3) is 22.0 Å². The van der Waals surface area contributed by atoms with Gasteiger partial charge in [-0.1, -0.05) is 68.3 Å². The fourth-order valence-electron chi connectivity index (χ4n) is 4.93. The van der Waals surface area contributed by atoms with Crippen molar-refractivity contribution in [3.63, 3.8) is 0 Å². The standard InChI is InChI=1S/C28H39N5O3/c1-19-20(2)27(30-21(3)34)28(35-15-9-5-4-8-14-29)36-26(19)18-33-17-25(31-32-33)24-13-12-22-10-6-7-11-23(22)16-24/h6-7,10-13,16-17,19-20,26-28H,4-5,8-9,14-15,18,29H2,1-3H3,(H,30,34). The number of unbranched alkanes of at least 4 members (excludes halogenated alkanes) is 3. The predicted molar refractivity (Wildman–Crippen MR) is 141 cm³/mol. The summed E-state index contributed by atoms with van der Waals surface area (Å²) in [6, 6.07) is 14.4. The monoisotopic (exact) mass is 493 g/mol. The van der Waals surface area contributed by atoms with Crippen molar-refractivity contribution in [3.05, 3.63) is 48.7 Å². The zero-order valence-electron chi connectivity index (χ0n) is 21.6. The molecule has 0 radical (unpaired) electrons. The molecule has 1 aliphatic heterocycles. The Hall–Kier alpha value is -2.81. The third kappa shape index (κ3) is 6.49. The molecule has 8 nitrogen and oxygen atoms in total. The van der Waals surface area contributed by atoms with E-state index < -0.39 is 6.29 Å². The molecule has 3 N–H and O–H groups in total. The molecule has 0 saturated carbocycles. The molecule has 2 aromatic carbocycles. The van der Waals surface area contributed by atoms with E-state index in [9.17, 15) is 4.79 Å². The van der Waals surface area contributed by atoms with Crippen LogP contribution in [0.3, 0.4) is 0 Å². The average Bonchev–Trinajstić information content (AvgIpc) is 3.34. The molecular weight excluding hydrogens is 454 g/mol. The number of nitrogens with one attached hydrogen (secondary N) is 1. The largest absolute Gasteiger partial charge is 0.350 e. The first-order chi connectivity index (χ1) is 17.5. The highest BCUT2D eigenvalue weighted by atomic mass is 16.7. The normalized spacial score (nSPS) is 24.2. The SMILES string of the molecule is CC(=O)NC1C(OCCCCCCN)OC(Cn2cc(-c3ccc4ccccc4c3)nn2)C(C)C1C. The lowest BCUT2D eigenvalue weighted by Crippen LogP contribution is -2.58. The summed E-state index contributed by atoms with van der Waals surface area (Å²) < 4.78 is 14.5. The van der Waals surface area contributed by atoms with Crippen LogP contribution < -0.4 is 11.1 Å². The summed E-state index contributed by atoms with van der Waals surface area (Å²) in [5.41, 5.74) is 7.45. The molecule has 1 amide bonds. The van der Waals surface area contributed by atoms with Crippen LogP contribution >= 0.6 is 0 Å². The molecule has 0 aliphatic carbocycles. The Bertz CT molecular complexity index is 1130. The number of fused-ring (bicyclic) bond motifs is 1. The minimum Gasteiger partial charge on any atom is -0.350 e.